The summed E-state index contributed by atoms with van der Waals surface area (Å²) in [7, 11) is -4.60. The molecule has 1 amide bonds. The largest absolute Gasteiger partial charge is 0.455 e. The molecule has 5 aliphatic rings. The number of carbonyl (C=O) groups is 1. The number of pyridine rings is 2. The number of benzene rings is 2. The number of nitro groups is 1. The highest BCUT2D eigenvalue weighted by atomic mass is 32.2. The van der Waals surface area contributed by atoms with E-state index in [4.69, 9.17) is 9.47 Å². The highest BCUT2D eigenvalue weighted by Crippen LogP contribution is 2.54. The van der Waals surface area contributed by atoms with Crippen LogP contribution in [0.25, 0.3) is 11.0 Å². The van der Waals surface area contributed by atoms with Gasteiger partial charge in [-0.2, -0.15) is 0 Å². The number of piperidine rings is 1. The van der Waals surface area contributed by atoms with Gasteiger partial charge >= 0.3 is 5.69 Å². The zero-order valence-electron chi connectivity index (χ0n) is 37.1. The lowest BCUT2D eigenvalue weighted by atomic mass is 9.59. The molecule has 3 N–H and O–H groups in total. The van der Waals surface area contributed by atoms with Crippen LogP contribution in [0.3, 0.4) is 0 Å². The topological polar surface area (TPSA) is 185 Å². The van der Waals surface area contributed by atoms with Gasteiger partial charge in [-0.1, -0.05) is 44.0 Å². The second kappa shape index (κ2) is 17.7. The van der Waals surface area contributed by atoms with E-state index in [1.165, 1.54) is 24.0 Å². The molecule has 2 aromatic carbocycles. The van der Waals surface area contributed by atoms with E-state index in [9.17, 15) is 23.3 Å². The van der Waals surface area contributed by atoms with Crippen molar-refractivity contribution in [3.05, 3.63) is 106 Å². The highest BCUT2D eigenvalue weighted by Gasteiger charge is 2.51. The van der Waals surface area contributed by atoms with E-state index in [2.05, 4.69) is 72.9 Å². The van der Waals surface area contributed by atoms with Gasteiger partial charge in [0.25, 0.3) is 15.9 Å². The lowest BCUT2D eigenvalue weighted by Crippen LogP contribution is -2.60. The predicted octanol–water partition coefficient (Wildman–Crippen LogP) is 9.10. The minimum Gasteiger partial charge on any atom is -0.455 e. The van der Waals surface area contributed by atoms with Crippen molar-refractivity contribution in [2.75, 3.05) is 43.1 Å². The Kier molecular flexibility index (Phi) is 11.8. The summed E-state index contributed by atoms with van der Waals surface area (Å²) in [6.07, 6.45) is 15.5. The van der Waals surface area contributed by atoms with Gasteiger partial charge in [0.2, 0.25) is 5.82 Å². The lowest BCUT2D eigenvalue weighted by molar-refractivity contribution is -0.384. The molecule has 0 radical (unpaired) electrons. The smallest absolute Gasteiger partial charge is 0.312 e. The molecule has 10 rings (SSSR count). The summed E-state index contributed by atoms with van der Waals surface area (Å²) in [5.41, 5.74) is 4.21. The third-order valence-corrected chi connectivity index (χ3v) is 16.2. The Balaban J connectivity index is 0.843. The molecule has 16 heteroatoms. The van der Waals surface area contributed by atoms with Gasteiger partial charge in [-0.15, -0.1) is 0 Å². The SMILES string of the molecule is CC1CCC(CNc2ncc(S(=O)(=O)NC(=O)c3ccc(N4CCC5(CC4)CC(N4C(C)COC[C@H]4c4ccccc4C4CC4)C5)cc3Oc3cnc4[nH]ccc4c3)cc2[N+](=O)[O-])CC1. The normalized spacial score (nSPS) is 23.8. The van der Waals surface area contributed by atoms with Crippen LogP contribution in [-0.2, 0) is 14.8 Å². The molecule has 2 atom stereocenters. The molecule has 0 bridgehead atoms. The first-order valence-corrected chi connectivity index (χ1v) is 24.8. The molecule has 2 aliphatic heterocycles. The van der Waals surface area contributed by atoms with Gasteiger partial charge in [0.15, 0.2) is 0 Å². The molecule has 3 aliphatic carbocycles. The van der Waals surface area contributed by atoms with Crippen LogP contribution in [0.15, 0.2) is 84.1 Å². The summed E-state index contributed by atoms with van der Waals surface area (Å²) >= 11 is 0. The van der Waals surface area contributed by atoms with Crippen molar-refractivity contribution in [3.8, 4) is 11.5 Å². The van der Waals surface area contributed by atoms with E-state index in [1.807, 2.05) is 12.1 Å². The number of aromatic amines is 1. The van der Waals surface area contributed by atoms with Crippen LogP contribution in [0.2, 0.25) is 0 Å². The van der Waals surface area contributed by atoms with E-state index in [1.54, 1.807) is 30.6 Å². The zero-order chi connectivity index (χ0) is 44.9. The van der Waals surface area contributed by atoms with Crippen LogP contribution in [0, 0.1) is 27.4 Å². The minimum absolute atomic E-state index is 0.00966. The fourth-order valence-electron chi connectivity index (χ4n) is 11.0. The summed E-state index contributed by atoms with van der Waals surface area (Å²) in [6.45, 7) is 8.17. The van der Waals surface area contributed by atoms with Crippen molar-refractivity contribution < 1.29 is 27.6 Å². The van der Waals surface area contributed by atoms with E-state index < -0.39 is 31.4 Å². The van der Waals surface area contributed by atoms with Crippen molar-refractivity contribution in [2.45, 2.75) is 107 Å². The molecule has 5 aromatic rings. The Hall–Kier alpha value is -5.58. The second-order valence-electron chi connectivity index (χ2n) is 19.4. The number of nitrogens with zero attached hydrogens (tertiary/aromatic N) is 5. The molecule has 342 valence electrons. The third kappa shape index (κ3) is 9.04. The highest BCUT2D eigenvalue weighted by molar-refractivity contribution is 7.90. The fraction of sp³-hybridized carbons (Fsp3) is 0.490. The number of fused-ring (bicyclic) bond motifs is 1. The van der Waals surface area contributed by atoms with Gasteiger partial charge in [0.1, 0.15) is 22.0 Å². The molecule has 15 nitrogen and oxygen atoms in total. The molecule has 2 saturated heterocycles. The number of rotatable bonds is 13. The van der Waals surface area contributed by atoms with Crippen LogP contribution in [0.5, 0.6) is 11.5 Å². The van der Waals surface area contributed by atoms with Gasteiger partial charge in [-0.3, -0.25) is 19.8 Å². The van der Waals surface area contributed by atoms with Crippen LogP contribution in [0.4, 0.5) is 17.2 Å². The van der Waals surface area contributed by atoms with Crippen molar-refractivity contribution in [1.29, 1.82) is 0 Å². The number of sulfonamides is 1. The first-order chi connectivity index (χ1) is 31.4. The number of carbonyl (C=O) groups excluding carboxylic acids is 1. The standard InChI is InChI=1S/C49H58N8O7S/c1-31-7-9-33(10-8-31)26-51-47-43(57(59)60)23-39(28-53-47)65(61,62)54-48(58)42-14-13-36(22-45(42)64-38-21-35-15-18-50-46(35)52-27-38)55-19-16-49(17-20-55)24-37(25-49)56-32(2)29-63-30-44(56)41-6-4-3-5-40(41)34-11-12-34/h3-6,13-15,18,21-23,27-28,31-34,37,44H,7-12,16-17,19-20,24-26,29-30H2,1-2H3,(H,50,52)(H,51,53)(H,54,58)/t31?,32?,33?,44-/m0/s1. The van der Waals surface area contributed by atoms with E-state index in [-0.39, 0.29) is 28.6 Å². The number of H-pyrrole nitrogens is 1. The fourth-order valence-corrected chi connectivity index (χ4v) is 12.0. The summed E-state index contributed by atoms with van der Waals surface area (Å²) in [5.74, 6) is 1.24. The molecule has 3 aromatic heterocycles. The van der Waals surface area contributed by atoms with E-state index in [0.29, 0.717) is 47.8 Å². The number of morpholine rings is 1. The van der Waals surface area contributed by atoms with Gasteiger partial charge < -0.3 is 24.7 Å². The Morgan fingerprint density at radius 1 is 0.954 bits per heavy atom. The van der Waals surface area contributed by atoms with Crippen LogP contribution in [0.1, 0.15) is 112 Å². The maximum Gasteiger partial charge on any atom is 0.312 e. The predicted molar refractivity (Wildman–Crippen MR) is 248 cm³/mol. The molecular formula is C49H58N8O7S. The van der Waals surface area contributed by atoms with E-state index in [0.717, 1.165) is 101 Å². The number of aromatic nitrogens is 3. The Bertz CT molecular complexity index is 2680. The minimum atomic E-state index is -4.60. The molecule has 5 fully saturated rings. The molecule has 1 spiro atoms. The molecule has 65 heavy (non-hydrogen) atoms. The number of ether oxygens (including phenoxy) is 2. The Labute approximate surface area is 379 Å². The van der Waals surface area contributed by atoms with Gasteiger partial charge in [0, 0.05) is 61.1 Å². The van der Waals surface area contributed by atoms with Gasteiger partial charge in [0.05, 0.1) is 42.1 Å². The van der Waals surface area contributed by atoms with Crippen molar-refractivity contribution in [2.24, 2.45) is 17.3 Å². The number of amides is 1. The van der Waals surface area contributed by atoms with Crippen molar-refractivity contribution in [1.82, 2.24) is 24.6 Å². The average molecular weight is 903 g/mol. The number of hydrogen-bond donors (Lipinski definition) is 3. The van der Waals surface area contributed by atoms with Crippen molar-refractivity contribution in [3.63, 3.8) is 0 Å². The maximum absolute atomic E-state index is 14.0. The van der Waals surface area contributed by atoms with Gasteiger partial charge in [-0.25, -0.2) is 23.1 Å². The average Bonchev–Trinajstić information content (AvgIpc) is 4.04. The third-order valence-electron chi connectivity index (χ3n) is 14.9. The van der Waals surface area contributed by atoms with Gasteiger partial charge in [-0.05, 0) is 117 Å². The van der Waals surface area contributed by atoms with Crippen LogP contribution in [-0.4, -0.2) is 84.0 Å². The first kappa shape index (κ1) is 43.3. The summed E-state index contributed by atoms with van der Waals surface area (Å²) in [5, 5.41) is 16.0. The molecule has 5 heterocycles. The van der Waals surface area contributed by atoms with E-state index >= 15 is 0 Å². The maximum atomic E-state index is 14.0. The Morgan fingerprint density at radius 3 is 2.48 bits per heavy atom. The second-order valence-corrected chi connectivity index (χ2v) is 21.1. The summed E-state index contributed by atoms with van der Waals surface area (Å²) in [6, 6.07) is 19.9. The summed E-state index contributed by atoms with van der Waals surface area (Å²) in [4.78, 5) is 41.7. The number of anilines is 2. The lowest BCUT2D eigenvalue weighted by Gasteiger charge is -2.59. The monoisotopic (exact) mass is 902 g/mol. The van der Waals surface area contributed by atoms with Crippen LogP contribution < -0.4 is 19.7 Å². The van der Waals surface area contributed by atoms with Crippen LogP contribution >= 0.6 is 0 Å². The summed E-state index contributed by atoms with van der Waals surface area (Å²) < 4.78 is 42.1. The number of hydrogen-bond acceptors (Lipinski definition) is 12. The molecular weight excluding hydrogens is 845 g/mol. The Morgan fingerprint density at radius 2 is 1.72 bits per heavy atom. The number of nitrogens with one attached hydrogen (secondary N) is 3. The molecule has 3 saturated carbocycles. The molecule has 1 unspecified atom stereocenters. The zero-order valence-corrected chi connectivity index (χ0v) is 37.9. The van der Waals surface area contributed by atoms with Crippen molar-refractivity contribution >= 4 is 44.2 Å². The first-order valence-electron chi connectivity index (χ1n) is 23.3. The quantitative estimate of drug-likeness (QED) is 0.0753.